The molecule has 1 heterocycles. The largest absolute Gasteiger partial charge is 0.279 e. The predicted octanol–water partition coefficient (Wildman–Crippen LogP) is 2.27. The first kappa shape index (κ1) is 15.9. The average molecular weight is 341 g/mol. The lowest BCUT2D eigenvalue weighted by molar-refractivity contribution is 0.601. The Balaban J connectivity index is 1.88. The van der Waals surface area contributed by atoms with E-state index in [1.54, 1.807) is 48.5 Å². The first-order valence-electron chi connectivity index (χ1n) is 7.12. The molecule has 0 aliphatic carbocycles. The van der Waals surface area contributed by atoms with Crippen LogP contribution in [0.25, 0.3) is 0 Å². The molecule has 3 aromatic rings. The van der Waals surface area contributed by atoms with Crippen molar-refractivity contribution in [2.75, 3.05) is 4.72 Å². The van der Waals surface area contributed by atoms with Crippen LogP contribution in [0.15, 0.2) is 71.2 Å². The third kappa shape index (κ3) is 3.66. The normalized spacial score (nSPS) is 11.7. The Hall–Kier alpha value is -3.00. The quantitative estimate of drug-likeness (QED) is 0.721. The second-order valence-corrected chi connectivity index (χ2v) is 6.77. The van der Waals surface area contributed by atoms with Crippen LogP contribution in [0.4, 0.5) is 5.69 Å². The summed E-state index contributed by atoms with van der Waals surface area (Å²) in [6, 6.07) is 13.7. The van der Waals surface area contributed by atoms with Gasteiger partial charge >= 0.3 is 0 Å². The molecule has 1 aromatic heterocycles. The molecule has 0 atom stereocenters. The van der Waals surface area contributed by atoms with E-state index in [9.17, 15) is 8.42 Å². The second-order valence-electron chi connectivity index (χ2n) is 5.09. The molecule has 0 saturated carbocycles. The van der Waals surface area contributed by atoms with E-state index in [1.165, 1.54) is 23.5 Å². The zero-order chi connectivity index (χ0) is 17.0. The Morgan fingerprint density at radius 1 is 1.04 bits per heavy atom. The number of benzene rings is 2. The Morgan fingerprint density at radius 2 is 1.71 bits per heavy atom. The third-order valence-electron chi connectivity index (χ3n) is 3.27. The topological polar surface area (TPSA) is 89.2 Å². The molecule has 7 nitrogen and oxygen atoms in total. The van der Waals surface area contributed by atoms with Gasteiger partial charge in [0.25, 0.3) is 10.0 Å². The van der Waals surface area contributed by atoms with Crippen LogP contribution >= 0.6 is 0 Å². The Bertz CT molecular complexity index is 948. The molecular formula is C16H15N5O2S. The molecule has 2 aromatic carbocycles. The molecule has 0 aliphatic heterocycles. The maximum atomic E-state index is 12.5. The fourth-order valence-electron chi connectivity index (χ4n) is 2.01. The highest BCUT2D eigenvalue weighted by Gasteiger charge is 2.15. The molecule has 0 radical (unpaired) electrons. The summed E-state index contributed by atoms with van der Waals surface area (Å²) < 4.78 is 29.0. The molecule has 24 heavy (non-hydrogen) atoms. The molecule has 0 amide bonds. The van der Waals surface area contributed by atoms with Crippen molar-refractivity contribution in [1.29, 1.82) is 0 Å². The first-order valence-corrected chi connectivity index (χ1v) is 8.60. The molecule has 0 unspecified atom stereocenters. The highest BCUT2D eigenvalue weighted by molar-refractivity contribution is 7.92. The van der Waals surface area contributed by atoms with Crippen LogP contribution in [0.2, 0.25) is 0 Å². The fraction of sp³-hybridized carbons (Fsp3) is 0.0625. The van der Waals surface area contributed by atoms with Gasteiger partial charge in [-0.25, -0.2) is 13.1 Å². The maximum Gasteiger partial charge on any atom is 0.261 e. The lowest BCUT2D eigenvalue weighted by Crippen LogP contribution is -2.14. The summed E-state index contributed by atoms with van der Waals surface area (Å²) in [6.07, 6.45) is 4.42. The van der Waals surface area contributed by atoms with Crippen molar-refractivity contribution in [2.45, 2.75) is 11.8 Å². The van der Waals surface area contributed by atoms with Gasteiger partial charge in [-0.1, -0.05) is 35.9 Å². The van der Waals surface area contributed by atoms with Crippen LogP contribution in [-0.4, -0.2) is 29.5 Å². The number of nitrogens with one attached hydrogen (secondary N) is 1. The van der Waals surface area contributed by atoms with Crippen molar-refractivity contribution in [3.05, 3.63) is 72.3 Å². The molecule has 8 heteroatoms. The molecule has 0 fully saturated rings. The lowest BCUT2D eigenvalue weighted by Gasteiger charge is -2.10. The minimum Gasteiger partial charge on any atom is -0.279 e. The zero-order valence-electron chi connectivity index (χ0n) is 12.9. The van der Waals surface area contributed by atoms with Crippen molar-refractivity contribution in [3.8, 4) is 0 Å². The molecule has 1 N–H and O–H groups in total. The second kappa shape index (κ2) is 6.63. The highest BCUT2D eigenvalue weighted by atomic mass is 32.2. The van der Waals surface area contributed by atoms with E-state index in [0.29, 0.717) is 11.3 Å². The third-order valence-corrected chi connectivity index (χ3v) is 4.65. The van der Waals surface area contributed by atoms with E-state index in [1.807, 2.05) is 6.92 Å². The van der Waals surface area contributed by atoms with E-state index in [0.717, 1.165) is 5.56 Å². The first-order chi connectivity index (χ1) is 11.5. The van der Waals surface area contributed by atoms with E-state index < -0.39 is 10.0 Å². The molecular weight excluding hydrogens is 326 g/mol. The highest BCUT2D eigenvalue weighted by Crippen LogP contribution is 2.19. The van der Waals surface area contributed by atoms with Gasteiger partial charge in [-0.05, 0) is 25.1 Å². The molecule has 0 spiro atoms. The summed E-state index contributed by atoms with van der Waals surface area (Å²) in [7, 11) is -3.67. The summed E-state index contributed by atoms with van der Waals surface area (Å²) in [5, 5.41) is 11.4. The smallest absolute Gasteiger partial charge is 0.261 e. The minimum absolute atomic E-state index is 0.207. The van der Waals surface area contributed by atoms with Crippen molar-refractivity contribution < 1.29 is 8.42 Å². The van der Waals surface area contributed by atoms with Crippen molar-refractivity contribution in [2.24, 2.45) is 5.10 Å². The molecule has 122 valence electrons. The van der Waals surface area contributed by atoms with Gasteiger partial charge in [0.15, 0.2) is 0 Å². The van der Waals surface area contributed by atoms with Gasteiger partial charge < -0.3 is 0 Å². The number of anilines is 1. The molecule has 0 saturated heterocycles. The van der Waals surface area contributed by atoms with Crippen LogP contribution in [0, 0.1) is 6.92 Å². The zero-order valence-corrected chi connectivity index (χ0v) is 13.7. The van der Waals surface area contributed by atoms with E-state index in [-0.39, 0.29) is 4.90 Å². The average Bonchev–Trinajstić information content (AvgIpc) is 3.07. The van der Waals surface area contributed by atoms with Crippen molar-refractivity contribution in [1.82, 2.24) is 14.9 Å². The number of nitrogens with zero attached hydrogens (tertiary/aromatic N) is 4. The van der Waals surface area contributed by atoms with Gasteiger partial charge in [-0.3, -0.25) is 4.72 Å². The standard InChI is InChI=1S/C16H15N5O2S/c1-13-6-8-15(9-7-13)24(22,23)20-16-5-3-2-4-14(16)10-19-21-11-17-18-12-21/h2-12,20H,1H3/b19-10-. The predicted molar refractivity (Wildman–Crippen MR) is 91.4 cm³/mol. The Kier molecular flexibility index (Phi) is 4.39. The lowest BCUT2D eigenvalue weighted by atomic mass is 10.2. The summed E-state index contributed by atoms with van der Waals surface area (Å²) >= 11 is 0. The number of rotatable bonds is 5. The Labute approximate surface area is 139 Å². The van der Waals surface area contributed by atoms with E-state index >= 15 is 0 Å². The maximum absolute atomic E-state index is 12.5. The monoisotopic (exact) mass is 341 g/mol. The fourth-order valence-corrected chi connectivity index (χ4v) is 3.10. The van der Waals surface area contributed by atoms with Gasteiger partial charge in [-0.2, -0.15) is 5.10 Å². The summed E-state index contributed by atoms with van der Waals surface area (Å²) in [5.74, 6) is 0. The number of aromatic nitrogens is 3. The van der Waals surface area contributed by atoms with Crippen LogP contribution in [0.1, 0.15) is 11.1 Å². The van der Waals surface area contributed by atoms with E-state index in [4.69, 9.17) is 0 Å². The minimum atomic E-state index is -3.67. The van der Waals surface area contributed by atoms with E-state index in [2.05, 4.69) is 20.0 Å². The number of hydrogen-bond donors (Lipinski definition) is 1. The van der Waals surface area contributed by atoms with Gasteiger partial charge in [0, 0.05) is 5.56 Å². The molecule has 0 bridgehead atoms. The molecule has 3 rings (SSSR count). The number of para-hydroxylation sites is 1. The van der Waals surface area contributed by atoms with Crippen LogP contribution in [0.3, 0.4) is 0 Å². The van der Waals surface area contributed by atoms with Crippen LogP contribution in [-0.2, 0) is 10.0 Å². The summed E-state index contributed by atoms with van der Waals surface area (Å²) in [5.41, 5.74) is 2.06. The number of hydrogen-bond acceptors (Lipinski definition) is 5. The summed E-state index contributed by atoms with van der Waals surface area (Å²) in [4.78, 5) is 0.207. The number of aryl methyl sites for hydroxylation is 1. The Morgan fingerprint density at radius 3 is 2.42 bits per heavy atom. The van der Waals surface area contributed by atoms with Gasteiger partial charge in [0.1, 0.15) is 12.7 Å². The molecule has 0 aliphatic rings. The SMILES string of the molecule is Cc1ccc(S(=O)(=O)Nc2ccccc2/C=N\n2cnnc2)cc1. The van der Waals surface area contributed by atoms with Gasteiger partial charge in [-0.15, -0.1) is 10.2 Å². The number of sulfonamides is 1. The van der Waals surface area contributed by atoms with Crippen LogP contribution in [0.5, 0.6) is 0 Å². The van der Waals surface area contributed by atoms with Gasteiger partial charge in [0.2, 0.25) is 0 Å². The van der Waals surface area contributed by atoms with Gasteiger partial charge in [0.05, 0.1) is 16.8 Å². The van der Waals surface area contributed by atoms with Crippen LogP contribution < -0.4 is 4.72 Å². The van der Waals surface area contributed by atoms with Crippen molar-refractivity contribution >= 4 is 21.9 Å². The summed E-state index contributed by atoms with van der Waals surface area (Å²) in [6.45, 7) is 1.90. The van der Waals surface area contributed by atoms with Crippen molar-refractivity contribution in [3.63, 3.8) is 0 Å².